The van der Waals surface area contributed by atoms with Crippen molar-refractivity contribution >= 4 is 49.5 Å². The summed E-state index contributed by atoms with van der Waals surface area (Å²) in [6.07, 6.45) is -0.486. The lowest BCUT2D eigenvalue weighted by Crippen LogP contribution is -2.28. The van der Waals surface area contributed by atoms with Gasteiger partial charge in [-0.05, 0) is 60.1 Å². The van der Waals surface area contributed by atoms with Crippen molar-refractivity contribution in [3.63, 3.8) is 0 Å². The molecule has 8 nitrogen and oxygen atoms in total. The van der Waals surface area contributed by atoms with E-state index in [1.807, 2.05) is 19.1 Å². The van der Waals surface area contributed by atoms with Gasteiger partial charge in [0, 0.05) is 28.4 Å². The Balaban J connectivity index is 2.40. The fourth-order valence-corrected chi connectivity index (χ4v) is 3.92. The van der Waals surface area contributed by atoms with Crippen LogP contribution in [0.3, 0.4) is 0 Å². The number of aromatic hydroxyl groups is 1. The number of carbonyl (C=O) groups is 2. The lowest BCUT2D eigenvalue weighted by atomic mass is 10.0. The third-order valence-electron chi connectivity index (χ3n) is 4.10. The van der Waals surface area contributed by atoms with Crippen molar-refractivity contribution in [2.75, 3.05) is 11.9 Å². The molecule has 0 radical (unpaired) electrons. The van der Waals surface area contributed by atoms with Crippen molar-refractivity contribution in [3.8, 4) is 5.75 Å². The molecule has 0 heterocycles. The van der Waals surface area contributed by atoms with Crippen molar-refractivity contribution in [2.45, 2.75) is 26.1 Å². The molecule has 0 aliphatic carbocycles. The number of carbonyl (C=O) groups excluding carboxylic acids is 2. The Hall–Kier alpha value is -2.40. The van der Waals surface area contributed by atoms with Gasteiger partial charge in [0.15, 0.2) is 6.10 Å². The van der Waals surface area contributed by atoms with Gasteiger partial charge < -0.3 is 14.6 Å². The summed E-state index contributed by atoms with van der Waals surface area (Å²) in [6.45, 7) is 3.88. The largest absolute Gasteiger partial charge is 0.506 e. The fourth-order valence-electron chi connectivity index (χ4n) is 2.67. The summed E-state index contributed by atoms with van der Waals surface area (Å²) in [4.78, 5) is 24.1. The van der Waals surface area contributed by atoms with Crippen LogP contribution in [0.4, 0.5) is 10.5 Å². The average Bonchev–Trinajstić information content (AvgIpc) is 2.73. The number of rotatable bonds is 8. The Morgan fingerprint density at radius 1 is 1.19 bits per heavy atom. The van der Waals surface area contributed by atoms with Gasteiger partial charge in [-0.2, -0.15) is 0 Å². The topological polar surface area (TPSA) is 117 Å². The van der Waals surface area contributed by atoms with Gasteiger partial charge in [-0.25, -0.2) is 10.3 Å². The molecule has 2 rings (SSSR count). The van der Waals surface area contributed by atoms with E-state index in [2.05, 4.69) is 37.2 Å². The van der Waals surface area contributed by atoms with E-state index in [-0.39, 0.29) is 17.9 Å². The van der Waals surface area contributed by atoms with Gasteiger partial charge in [0.25, 0.3) is 5.91 Å². The van der Waals surface area contributed by atoms with Gasteiger partial charge in [-0.15, -0.1) is 0 Å². The Labute approximate surface area is 196 Å². The van der Waals surface area contributed by atoms with E-state index in [1.54, 1.807) is 31.2 Å². The number of hydroxylamine groups is 1. The first kappa shape index (κ1) is 24.9. The average molecular weight is 558 g/mol. The predicted octanol–water partition coefficient (Wildman–Crippen LogP) is 4.98. The highest BCUT2D eigenvalue weighted by Gasteiger charge is 2.30. The van der Waals surface area contributed by atoms with Crippen LogP contribution in [0.2, 0.25) is 0 Å². The van der Waals surface area contributed by atoms with E-state index in [4.69, 9.17) is 14.7 Å². The molecule has 2 aromatic rings. The zero-order valence-corrected chi connectivity index (χ0v) is 19.9. The summed E-state index contributed by atoms with van der Waals surface area (Å²) < 4.78 is 12.3. The molecular formula is C21H22Br2N2O6. The van der Waals surface area contributed by atoms with Crippen molar-refractivity contribution in [2.24, 2.45) is 0 Å². The number of aryl methyl sites for hydroxylation is 1. The number of phenols is 1. The van der Waals surface area contributed by atoms with Crippen molar-refractivity contribution in [3.05, 3.63) is 68.6 Å². The van der Waals surface area contributed by atoms with Crippen LogP contribution >= 0.6 is 31.9 Å². The molecule has 0 fully saturated rings. The van der Waals surface area contributed by atoms with Gasteiger partial charge in [-0.1, -0.05) is 33.6 Å². The van der Waals surface area contributed by atoms with Gasteiger partial charge in [0.05, 0.1) is 4.47 Å². The molecule has 0 aromatic heterocycles. The van der Waals surface area contributed by atoms with Crippen LogP contribution in [0, 0.1) is 6.92 Å². The minimum Gasteiger partial charge on any atom is -0.506 e. The van der Waals surface area contributed by atoms with Gasteiger partial charge in [-0.3, -0.25) is 15.3 Å². The number of amides is 2. The maximum Gasteiger partial charge on any atom is 0.412 e. The van der Waals surface area contributed by atoms with E-state index in [1.165, 1.54) is 11.6 Å². The first-order chi connectivity index (χ1) is 14.7. The second-order valence-corrected chi connectivity index (χ2v) is 8.17. The predicted molar refractivity (Wildman–Crippen MR) is 122 cm³/mol. The highest BCUT2D eigenvalue weighted by Crippen LogP contribution is 2.39. The maximum absolute atomic E-state index is 12.6. The minimum absolute atomic E-state index is 0.152. The number of anilines is 1. The molecule has 166 valence electrons. The summed E-state index contributed by atoms with van der Waals surface area (Å²) in [5.41, 5.74) is 3.28. The molecule has 0 aliphatic rings. The third kappa shape index (κ3) is 7.35. The van der Waals surface area contributed by atoms with Crippen molar-refractivity contribution in [1.82, 2.24) is 5.48 Å². The van der Waals surface area contributed by atoms with E-state index >= 15 is 0 Å². The lowest BCUT2D eigenvalue weighted by molar-refractivity contribution is -0.124. The van der Waals surface area contributed by atoms with Crippen LogP contribution in [0.5, 0.6) is 5.75 Å². The Morgan fingerprint density at radius 3 is 2.48 bits per heavy atom. The quantitative estimate of drug-likeness (QED) is 0.206. The molecule has 0 aliphatic heterocycles. The zero-order chi connectivity index (χ0) is 23.0. The van der Waals surface area contributed by atoms with Crippen LogP contribution in [-0.4, -0.2) is 35.0 Å². The summed E-state index contributed by atoms with van der Waals surface area (Å²) in [5.74, 6) is -0.937. The number of hydrogen-bond donors (Lipinski definition) is 4. The number of hydrogen-bond acceptors (Lipinski definition) is 6. The Kier molecular flexibility index (Phi) is 9.50. The molecule has 4 N–H and O–H groups in total. The normalized spacial score (nSPS) is 12.9. The molecule has 0 unspecified atom stereocenters. The number of phenolic OH excluding ortho intramolecular Hbond substituents is 1. The SMILES string of the molecule is CCO[C@H](/C=C/C(=O)NO)[C@H](OC(=O)Nc1ccc(C)cc1)c1cc(Br)cc(Br)c1O. The molecule has 0 saturated carbocycles. The number of nitrogens with one attached hydrogen (secondary N) is 2. The van der Waals surface area contributed by atoms with Gasteiger partial charge in [0.2, 0.25) is 0 Å². The minimum atomic E-state index is -1.12. The van der Waals surface area contributed by atoms with E-state index < -0.39 is 24.2 Å². The molecule has 0 bridgehead atoms. The monoisotopic (exact) mass is 556 g/mol. The molecule has 2 amide bonds. The first-order valence-electron chi connectivity index (χ1n) is 9.21. The highest BCUT2D eigenvalue weighted by molar-refractivity contribution is 9.11. The van der Waals surface area contributed by atoms with E-state index in [0.717, 1.165) is 11.6 Å². The standard InChI is InChI=1S/C21H22Br2N2O6/c1-3-30-17(8-9-18(26)25-29)20(15-10-13(22)11-16(23)19(15)27)31-21(28)24-14-6-4-12(2)5-7-14/h4-11,17,20,27,29H,3H2,1-2H3,(H,24,28)(H,25,26)/b9-8+/t17-,20-/m1/s1. The second kappa shape index (κ2) is 11.8. The van der Waals surface area contributed by atoms with Crippen LogP contribution in [0.15, 0.2) is 57.5 Å². The molecule has 10 heteroatoms. The smallest absolute Gasteiger partial charge is 0.412 e. The highest BCUT2D eigenvalue weighted by atomic mass is 79.9. The second-order valence-electron chi connectivity index (χ2n) is 6.40. The van der Waals surface area contributed by atoms with Crippen LogP contribution < -0.4 is 10.8 Å². The maximum atomic E-state index is 12.6. The van der Waals surface area contributed by atoms with Crippen LogP contribution in [0.1, 0.15) is 24.2 Å². The molecule has 0 saturated heterocycles. The van der Waals surface area contributed by atoms with Crippen molar-refractivity contribution < 1.29 is 29.4 Å². The number of ether oxygens (including phenoxy) is 2. The fraction of sp³-hybridized carbons (Fsp3) is 0.238. The number of halogens is 2. The van der Waals surface area contributed by atoms with E-state index in [0.29, 0.717) is 14.6 Å². The van der Waals surface area contributed by atoms with Gasteiger partial charge >= 0.3 is 6.09 Å². The van der Waals surface area contributed by atoms with Gasteiger partial charge in [0.1, 0.15) is 11.9 Å². The van der Waals surface area contributed by atoms with Crippen LogP contribution in [-0.2, 0) is 14.3 Å². The summed E-state index contributed by atoms with van der Waals surface area (Å²) in [7, 11) is 0. The summed E-state index contributed by atoms with van der Waals surface area (Å²) in [5, 5.41) is 22.0. The zero-order valence-electron chi connectivity index (χ0n) is 16.8. The van der Waals surface area contributed by atoms with Crippen LogP contribution in [0.25, 0.3) is 0 Å². The molecular weight excluding hydrogens is 536 g/mol. The third-order valence-corrected chi connectivity index (χ3v) is 5.16. The molecule has 31 heavy (non-hydrogen) atoms. The Morgan fingerprint density at radius 2 is 1.87 bits per heavy atom. The van der Waals surface area contributed by atoms with E-state index in [9.17, 15) is 14.7 Å². The molecule has 0 spiro atoms. The molecule has 2 aromatic carbocycles. The molecule has 2 atom stereocenters. The first-order valence-corrected chi connectivity index (χ1v) is 10.8. The Bertz CT molecular complexity index is 950. The summed E-state index contributed by atoms with van der Waals surface area (Å²) in [6, 6.07) is 10.3. The van der Waals surface area contributed by atoms with Crippen molar-refractivity contribution in [1.29, 1.82) is 0 Å². The lowest BCUT2D eigenvalue weighted by Gasteiger charge is -2.26. The number of benzene rings is 2. The summed E-state index contributed by atoms with van der Waals surface area (Å²) >= 11 is 6.61.